The van der Waals surface area contributed by atoms with E-state index in [4.69, 9.17) is 0 Å². The van der Waals surface area contributed by atoms with Crippen LogP contribution in [-0.4, -0.2) is 35.9 Å². The van der Waals surface area contributed by atoms with Crippen LogP contribution in [0.5, 0.6) is 0 Å². The number of nitrogens with one attached hydrogen (secondary N) is 1. The van der Waals surface area contributed by atoms with Gasteiger partial charge in [0, 0.05) is 37.3 Å². The normalized spacial score (nSPS) is 17.0. The van der Waals surface area contributed by atoms with Crippen molar-refractivity contribution in [3.05, 3.63) is 77.5 Å². The third-order valence-corrected chi connectivity index (χ3v) is 5.42. The Hall–Kier alpha value is -2.72. The van der Waals surface area contributed by atoms with Crippen LogP contribution in [0, 0.1) is 0 Å². The van der Waals surface area contributed by atoms with Crippen LogP contribution in [0.2, 0.25) is 0 Å². The molecule has 1 amide bonds. The first-order valence-corrected chi connectivity index (χ1v) is 9.61. The zero-order valence-electron chi connectivity index (χ0n) is 15.7. The van der Waals surface area contributed by atoms with Crippen molar-refractivity contribution in [3.63, 3.8) is 0 Å². The minimum atomic E-state index is 0.0456. The summed E-state index contributed by atoms with van der Waals surface area (Å²) < 4.78 is 0. The van der Waals surface area contributed by atoms with Crippen LogP contribution >= 0.6 is 0 Å². The minimum Gasteiger partial charge on any atom is -0.337 e. The number of hydrogen-bond acceptors (Lipinski definition) is 3. The number of fused-ring (bicyclic) bond motifs is 1. The number of para-hydroxylation sites is 1. The molecule has 3 aromatic rings. The summed E-state index contributed by atoms with van der Waals surface area (Å²) in [6.07, 6.45) is 4.24. The maximum absolute atomic E-state index is 12.9. The van der Waals surface area contributed by atoms with E-state index in [1.807, 2.05) is 49.6 Å². The molecule has 0 saturated carbocycles. The van der Waals surface area contributed by atoms with E-state index in [1.165, 1.54) is 18.4 Å². The summed E-state index contributed by atoms with van der Waals surface area (Å²) in [5.41, 5.74) is 4.13. The van der Waals surface area contributed by atoms with Gasteiger partial charge in [-0.2, -0.15) is 0 Å². The van der Waals surface area contributed by atoms with Crippen molar-refractivity contribution in [2.45, 2.75) is 25.3 Å². The molecular weight excluding hydrogens is 334 g/mol. The molecule has 0 aliphatic carbocycles. The average molecular weight is 359 g/mol. The summed E-state index contributed by atoms with van der Waals surface area (Å²) in [5, 5.41) is 4.55. The molecule has 27 heavy (non-hydrogen) atoms. The molecule has 1 aliphatic rings. The standard InChI is InChI=1S/C23H25N3O/c1-26(16-20-12-14-25-22-7-3-2-6-21(20)22)23(27)18-10-8-17(9-11-18)19-5-4-13-24-15-19/h2-3,6-12,14,19,24H,4-5,13,15-16H2,1H3. The predicted octanol–water partition coefficient (Wildman–Crippen LogP) is 3.97. The molecule has 0 radical (unpaired) electrons. The van der Waals surface area contributed by atoms with Crippen LogP contribution in [0.25, 0.3) is 10.9 Å². The van der Waals surface area contributed by atoms with Crippen molar-refractivity contribution in [1.82, 2.24) is 15.2 Å². The molecule has 138 valence electrons. The quantitative estimate of drug-likeness (QED) is 0.766. The topological polar surface area (TPSA) is 45.2 Å². The third-order valence-electron chi connectivity index (χ3n) is 5.42. The number of aromatic nitrogens is 1. The van der Waals surface area contributed by atoms with Gasteiger partial charge in [0.05, 0.1) is 5.52 Å². The molecule has 1 aliphatic heterocycles. The van der Waals surface area contributed by atoms with E-state index in [0.717, 1.165) is 35.1 Å². The molecular formula is C23H25N3O. The van der Waals surface area contributed by atoms with Crippen molar-refractivity contribution < 1.29 is 4.79 Å². The maximum atomic E-state index is 12.9. The summed E-state index contributed by atoms with van der Waals surface area (Å²) in [6.45, 7) is 2.71. The first-order chi connectivity index (χ1) is 13.2. The van der Waals surface area contributed by atoms with Crippen molar-refractivity contribution in [3.8, 4) is 0 Å². The maximum Gasteiger partial charge on any atom is 0.253 e. The minimum absolute atomic E-state index is 0.0456. The molecule has 1 fully saturated rings. The zero-order valence-corrected chi connectivity index (χ0v) is 15.7. The summed E-state index contributed by atoms with van der Waals surface area (Å²) in [5.74, 6) is 0.605. The van der Waals surface area contributed by atoms with Gasteiger partial charge in [0.15, 0.2) is 0 Å². The second-order valence-corrected chi connectivity index (χ2v) is 7.31. The number of amides is 1. The second kappa shape index (κ2) is 7.89. The fraction of sp³-hybridized carbons (Fsp3) is 0.304. The molecule has 4 heteroatoms. The van der Waals surface area contributed by atoms with Gasteiger partial charge in [-0.15, -0.1) is 0 Å². The monoisotopic (exact) mass is 359 g/mol. The molecule has 2 aromatic carbocycles. The first-order valence-electron chi connectivity index (χ1n) is 9.61. The third kappa shape index (κ3) is 3.86. The Kier molecular flexibility index (Phi) is 5.16. The van der Waals surface area contributed by atoms with Gasteiger partial charge in [-0.25, -0.2) is 0 Å². The van der Waals surface area contributed by atoms with Crippen LogP contribution < -0.4 is 5.32 Å². The number of rotatable bonds is 4. The number of pyridine rings is 1. The highest BCUT2D eigenvalue weighted by molar-refractivity contribution is 5.94. The number of carbonyl (C=O) groups excluding carboxylic acids is 1. The Bertz CT molecular complexity index is 925. The summed E-state index contributed by atoms with van der Waals surface area (Å²) in [4.78, 5) is 19.0. The second-order valence-electron chi connectivity index (χ2n) is 7.31. The molecule has 1 atom stereocenters. The summed E-state index contributed by atoms with van der Waals surface area (Å²) in [6, 6.07) is 18.2. The molecule has 2 heterocycles. The molecule has 4 nitrogen and oxygen atoms in total. The Morgan fingerprint density at radius 2 is 1.96 bits per heavy atom. The number of nitrogens with zero attached hydrogens (tertiary/aromatic N) is 2. The van der Waals surface area contributed by atoms with E-state index in [9.17, 15) is 4.79 Å². The van der Waals surface area contributed by atoms with Gasteiger partial charge in [0.25, 0.3) is 5.91 Å². The lowest BCUT2D eigenvalue weighted by Gasteiger charge is -2.23. The predicted molar refractivity (Wildman–Crippen MR) is 109 cm³/mol. The lowest BCUT2D eigenvalue weighted by molar-refractivity contribution is 0.0785. The number of piperidine rings is 1. The van der Waals surface area contributed by atoms with Crippen LogP contribution in [0.3, 0.4) is 0 Å². The van der Waals surface area contributed by atoms with Crippen molar-refractivity contribution >= 4 is 16.8 Å². The number of benzene rings is 2. The van der Waals surface area contributed by atoms with E-state index >= 15 is 0 Å². The van der Waals surface area contributed by atoms with E-state index in [1.54, 1.807) is 4.90 Å². The van der Waals surface area contributed by atoms with Crippen LogP contribution in [-0.2, 0) is 6.54 Å². The van der Waals surface area contributed by atoms with Crippen molar-refractivity contribution in [2.24, 2.45) is 0 Å². The Morgan fingerprint density at radius 3 is 2.74 bits per heavy atom. The van der Waals surface area contributed by atoms with E-state index in [-0.39, 0.29) is 5.91 Å². The van der Waals surface area contributed by atoms with E-state index < -0.39 is 0 Å². The Labute approximate surface area is 160 Å². The number of hydrogen-bond donors (Lipinski definition) is 1. The fourth-order valence-electron chi connectivity index (χ4n) is 3.87. The lowest BCUT2D eigenvalue weighted by atomic mass is 9.91. The van der Waals surface area contributed by atoms with E-state index in [0.29, 0.717) is 12.5 Å². The molecule has 0 spiro atoms. The largest absolute Gasteiger partial charge is 0.337 e. The number of carbonyl (C=O) groups is 1. The SMILES string of the molecule is CN(Cc1ccnc2ccccc12)C(=O)c1ccc(C2CCCNC2)cc1. The highest BCUT2D eigenvalue weighted by atomic mass is 16.2. The van der Waals surface area contributed by atoms with E-state index in [2.05, 4.69) is 28.5 Å². The van der Waals surface area contributed by atoms with Crippen LogP contribution in [0.1, 0.15) is 40.2 Å². The molecule has 1 unspecified atom stereocenters. The molecule has 1 aromatic heterocycles. The van der Waals surface area contributed by atoms with Gasteiger partial charge in [0.1, 0.15) is 0 Å². The highest BCUT2D eigenvalue weighted by Gasteiger charge is 2.17. The van der Waals surface area contributed by atoms with Crippen LogP contribution in [0.15, 0.2) is 60.8 Å². The van der Waals surface area contributed by atoms with Gasteiger partial charge in [-0.3, -0.25) is 9.78 Å². The molecule has 1 N–H and O–H groups in total. The lowest BCUT2D eigenvalue weighted by Crippen LogP contribution is -2.28. The fourth-order valence-corrected chi connectivity index (χ4v) is 3.87. The molecule has 1 saturated heterocycles. The van der Waals surface area contributed by atoms with Gasteiger partial charge >= 0.3 is 0 Å². The summed E-state index contributed by atoms with van der Waals surface area (Å²) in [7, 11) is 1.86. The van der Waals surface area contributed by atoms with Gasteiger partial charge in [-0.05, 0) is 60.7 Å². The van der Waals surface area contributed by atoms with Gasteiger partial charge in [0.2, 0.25) is 0 Å². The van der Waals surface area contributed by atoms with Crippen molar-refractivity contribution in [2.75, 3.05) is 20.1 Å². The Morgan fingerprint density at radius 1 is 1.15 bits per heavy atom. The van der Waals surface area contributed by atoms with Gasteiger partial charge < -0.3 is 10.2 Å². The summed E-state index contributed by atoms with van der Waals surface area (Å²) >= 11 is 0. The van der Waals surface area contributed by atoms with Gasteiger partial charge in [-0.1, -0.05) is 30.3 Å². The van der Waals surface area contributed by atoms with Crippen LogP contribution in [0.4, 0.5) is 0 Å². The Balaban J connectivity index is 1.48. The van der Waals surface area contributed by atoms with Crippen molar-refractivity contribution in [1.29, 1.82) is 0 Å². The first kappa shape index (κ1) is 17.7. The zero-order chi connectivity index (χ0) is 18.6. The molecule has 4 rings (SSSR count). The molecule has 0 bridgehead atoms. The highest BCUT2D eigenvalue weighted by Crippen LogP contribution is 2.24. The average Bonchev–Trinajstić information content (AvgIpc) is 2.74. The smallest absolute Gasteiger partial charge is 0.253 e.